The van der Waals surface area contributed by atoms with Gasteiger partial charge in [-0.1, -0.05) is 0 Å². The molecule has 0 amide bonds. The zero-order valence-electron chi connectivity index (χ0n) is 28.8. The number of carbonyl (C=O) groups is 1. The van der Waals surface area contributed by atoms with Crippen LogP contribution in [0.2, 0.25) is 30.1 Å². The third-order valence-electron chi connectivity index (χ3n) is 9.87. The minimum atomic E-state index is -2.63. The van der Waals surface area contributed by atoms with Crippen LogP contribution in [0.5, 0.6) is 0 Å². The van der Waals surface area contributed by atoms with Crippen molar-refractivity contribution in [1.82, 2.24) is 0 Å². The van der Waals surface area contributed by atoms with Gasteiger partial charge in [-0.2, -0.15) is 0 Å². The average Bonchev–Trinajstić information content (AvgIpc) is 2.94. The minimum absolute atomic E-state index is 0.409. The van der Waals surface area contributed by atoms with Crippen LogP contribution in [-0.2, 0) is 7.87 Å². The van der Waals surface area contributed by atoms with Crippen molar-refractivity contribution >= 4 is 43.1 Å². The van der Waals surface area contributed by atoms with E-state index in [1.807, 2.05) is 13.8 Å². The number of rotatable bonds is 22. The summed E-state index contributed by atoms with van der Waals surface area (Å²) in [4.78, 5) is 11.8. The Morgan fingerprint density at radius 1 is 0.675 bits per heavy atom. The van der Waals surface area contributed by atoms with E-state index in [2.05, 4.69) is 48.5 Å². The molecule has 3 nitrogen and oxygen atoms in total. The summed E-state index contributed by atoms with van der Waals surface area (Å²) < 4.78 is 14.8. The van der Waals surface area contributed by atoms with Gasteiger partial charge >= 0.3 is 263 Å². The summed E-state index contributed by atoms with van der Waals surface area (Å²) in [6.07, 6.45) is 20.7. The molecule has 0 radical (unpaired) electrons. The van der Waals surface area contributed by atoms with Crippen molar-refractivity contribution in [1.29, 1.82) is 0 Å². The first kappa shape index (κ1) is 40.6. The van der Waals surface area contributed by atoms with Crippen molar-refractivity contribution < 1.29 is 13.0 Å². The van der Waals surface area contributed by atoms with E-state index in [0.29, 0.717) is 0 Å². The van der Waals surface area contributed by atoms with Gasteiger partial charge in [0, 0.05) is 0 Å². The fraction of sp³-hybridized carbons (Fsp3) is 0.914. The summed E-state index contributed by atoms with van der Waals surface area (Å²) in [5.41, 5.74) is 1.58. The van der Waals surface area contributed by atoms with Crippen molar-refractivity contribution in [3.8, 4) is 0 Å². The van der Waals surface area contributed by atoms with E-state index in [1.165, 1.54) is 135 Å². The molecule has 0 atom stereocenters. The van der Waals surface area contributed by atoms with E-state index in [9.17, 15) is 9.90 Å². The van der Waals surface area contributed by atoms with Crippen molar-refractivity contribution in [2.45, 2.75) is 195 Å². The van der Waals surface area contributed by atoms with Crippen LogP contribution < -0.4 is 0 Å². The van der Waals surface area contributed by atoms with Crippen LogP contribution in [-0.4, -0.2) is 48.2 Å². The maximum atomic E-state index is 11.8. The summed E-state index contributed by atoms with van der Waals surface area (Å²) in [7, 11) is 0. The first-order valence-corrected chi connectivity index (χ1v) is 32.4. The van der Waals surface area contributed by atoms with Crippen LogP contribution in [0.25, 0.3) is 0 Å². The quantitative estimate of drug-likeness (QED) is 0.111. The predicted molar refractivity (Wildman–Crippen MR) is 184 cm³/mol. The SMILES string of the molecule is CCC[CH2][Sn]([CH2]CCC)([CH2]CCC)[C](C)(C)C(=O)O.CCC[CH2][Sn]([CH2]CCC)([CH2]CCC)[O]C1=C(C)CCCC1. The molecule has 0 spiro atoms. The molecule has 0 saturated heterocycles. The number of hydrogen-bond acceptors (Lipinski definition) is 2. The van der Waals surface area contributed by atoms with Crippen LogP contribution in [0.1, 0.15) is 165 Å². The van der Waals surface area contributed by atoms with E-state index < -0.39 is 46.6 Å². The number of hydrogen-bond donors (Lipinski definition) is 1. The zero-order chi connectivity index (χ0) is 30.5. The van der Waals surface area contributed by atoms with Crippen molar-refractivity contribution in [3.63, 3.8) is 0 Å². The molecule has 0 aromatic carbocycles. The Kier molecular flexibility index (Phi) is 23.4. The van der Waals surface area contributed by atoms with Gasteiger partial charge in [0.2, 0.25) is 0 Å². The summed E-state index contributed by atoms with van der Waals surface area (Å²) in [6.45, 7) is 20.1. The number of unbranched alkanes of at least 4 members (excludes halogenated alkanes) is 6. The van der Waals surface area contributed by atoms with Gasteiger partial charge in [-0.3, -0.25) is 0 Å². The Balaban J connectivity index is 0.000000765. The maximum absolute atomic E-state index is 11.8. The molecule has 238 valence electrons. The van der Waals surface area contributed by atoms with Crippen LogP contribution in [0.3, 0.4) is 0 Å². The Bertz CT molecular complexity index is 643. The molecular formula is C35H72O3Sn2. The van der Waals surface area contributed by atoms with Crippen LogP contribution in [0.4, 0.5) is 0 Å². The van der Waals surface area contributed by atoms with Gasteiger partial charge in [-0.25, -0.2) is 0 Å². The number of carboxylic acid groups (broad SMARTS) is 1. The molecule has 5 heteroatoms. The first-order chi connectivity index (χ1) is 19.0. The monoisotopic (exact) mass is 780 g/mol. The molecule has 0 aliphatic heterocycles. The predicted octanol–water partition coefficient (Wildman–Crippen LogP) is 12.9. The van der Waals surface area contributed by atoms with Crippen LogP contribution in [0, 0.1) is 0 Å². The molecular weight excluding hydrogens is 706 g/mol. The van der Waals surface area contributed by atoms with Gasteiger partial charge in [0.15, 0.2) is 0 Å². The van der Waals surface area contributed by atoms with Crippen LogP contribution in [0.15, 0.2) is 11.3 Å². The Labute approximate surface area is 260 Å². The molecule has 0 aromatic heterocycles. The normalized spacial score (nSPS) is 14.6. The second-order valence-corrected chi connectivity index (χ2v) is 40.3. The molecule has 0 unspecified atom stereocenters. The summed E-state index contributed by atoms with van der Waals surface area (Å²) in [5.74, 6) is 0.909. The van der Waals surface area contributed by atoms with E-state index >= 15 is 0 Å². The topological polar surface area (TPSA) is 46.5 Å². The van der Waals surface area contributed by atoms with E-state index in [0.717, 1.165) is 0 Å². The van der Waals surface area contributed by atoms with Gasteiger partial charge in [0.1, 0.15) is 0 Å². The molecule has 1 aliphatic carbocycles. The van der Waals surface area contributed by atoms with Gasteiger partial charge in [0.05, 0.1) is 0 Å². The summed E-state index contributed by atoms with van der Waals surface area (Å²) >= 11 is -5.04. The number of allylic oxidation sites excluding steroid dienone is 2. The second kappa shape index (κ2) is 23.1. The van der Waals surface area contributed by atoms with E-state index in [1.54, 1.807) is 5.57 Å². The molecule has 1 aliphatic rings. The molecule has 0 fully saturated rings. The van der Waals surface area contributed by atoms with Gasteiger partial charge in [-0.05, 0) is 0 Å². The van der Waals surface area contributed by atoms with Crippen molar-refractivity contribution in [3.05, 3.63) is 11.3 Å². The number of aliphatic carboxylic acids is 1. The fourth-order valence-electron chi connectivity index (χ4n) is 6.54. The van der Waals surface area contributed by atoms with E-state index in [-0.39, 0.29) is 0 Å². The summed E-state index contributed by atoms with van der Waals surface area (Å²) in [5, 5.41) is 9.73. The second-order valence-electron chi connectivity index (χ2n) is 13.5. The van der Waals surface area contributed by atoms with Gasteiger partial charge < -0.3 is 0 Å². The van der Waals surface area contributed by atoms with Gasteiger partial charge in [0.25, 0.3) is 0 Å². The Morgan fingerprint density at radius 2 is 1.02 bits per heavy atom. The average molecular weight is 778 g/mol. The molecule has 0 heterocycles. The molecule has 0 saturated carbocycles. The standard InChI is InChI=1S/C7H12O.C4H7O2.6C4H9.2Sn/c1-6-4-2-3-5-7(6)8;1-3(2)4(5)6;6*1-3-4-2;;/h8H,2-5H2,1H3;1-2H3,(H,5,6);6*1,3-4H2,2H3;;/q;;;;;;;;;+1/p-1. The van der Waals surface area contributed by atoms with Crippen molar-refractivity contribution in [2.24, 2.45) is 0 Å². The summed E-state index contributed by atoms with van der Waals surface area (Å²) in [6, 6.07) is 0. The van der Waals surface area contributed by atoms with Gasteiger partial charge in [-0.15, -0.1) is 0 Å². The molecule has 0 aromatic rings. The fourth-order valence-corrected chi connectivity index (χ4v) is 38.0. The molecule has 1 rings (SSSR count). The zero-order valence-corrected chi connectivity index (χ0v) is 34.5. The van der Waals surface area contributed by atoms with Crippen molar-refractivity contribution in [2.75, 3.05) is 0 Å². The third kappa shape index (κ3) is 14.4. The Hall–Kier alpha value is 0.607. The van der Waals surface area contributed by atoms with Crippen LogP contribution >= 0.6 is 0 Å². The molecule has 1 N–H and O–H groups in total. The molecule has 40 heavy (non-hydrogen) atoms. The first-order valence-electron chi connectivity index (χ1n) is 17.7. The molecule has 0 bridgehead atoms. The third-order valence-corrected chi connectivity index (χ3v) is 42.0. The van der Waals surface area contributed by atoms with E-state index in [4.69, 9.17) is 3.07 Å². The number of carboxylic acids is 1. The Morgan fingerprint density at radius 3 is 1.35 bits per heavy atom.